The first kappa shape index (κ1) is 23.7. The topological polar surface area (TPSA) is 66.5 Å². The molecule has 3 aromatic rings. The fourth-order valence-corrected chi connectivity index (χ4v) is 5.02. The van der Waals surface area contributed by atoms with E-state index in [0.717, 1.165) is 34.4 Å². The van der Waals surface area contributed by atoms with Gasteiger partial charge in [-0.3, -0.25) is 19.3 Å². The van der Waals surface area contributed by atoms with Crippen LogP contribution in [0.2, 0.25) is 0 Å². The number of carbonyl (C=O) groups excluding carboxylic acids is 3. The van der Waals surface area contributed by atoms with E-state index in [1.165, 1.54) is 4.90 Å². The third-order valence-electron chi connectivity index (χ3n) is 7.33. The van der Waals surface area contributed by atoms with Gasteiger partial charge in [0.05, 0.1) is 0 Å². The highest BCUT2D eigenvalue weighted by molar-refractivity contribution is 6.31. The number of imide groups is 1. The molecule has 0 radical (unpaired) electrons. The fourth-order valence-electron chi connectivity index (χ4n) is 5.02. The molecule has 5 rings (SSSR count). The van der Waals surface area contributed by atoms with Gasteiger partial charge >= 0.3 is 0 Å². The maximum absolute atomic E-state index is 13.1. The summed E-state index contributed by atoms with van der Waals surface area (Å²) in [5.41, 5.74) is 7.69. The summed E-state index contributed by atoms with van der Waals surface area (Å²) in [5, 5.41) is 3.33. The van der Waals surface area contributed by atoms with Crippen LogP contribution >= 0.6 is 0 Å². The second kappa shape index (κ2) is 9.57. The number of anilines is 1. The van der Waals surface area contributed by atoms with Gasteiger partial charge in [0.25, 0.3) is 11.8 Å². The molecule has 0 saturated heterocycles. The lowest BCUT2D eigenvalue weighted by Gasteiger charge is -2.33. The molecule has 1 aliphatic heterocycles. The minimum Gasteiger partial charge on any atom is -0.385 e. The lowest BCUT2D eigenvalue weighted by molar-refractivity contribution is -0.122. The summed E-state index contributed by atoms with van der Waals surface area (Å²) >= 11 is 0. The third-order valence-corrected chi connectivity index (χ3v) is 7.33. The van der Waals surface area contributed by atoms with Crippen molar-refractivity contribution in [2.24, 2.45) is 0 Å². The van der Waals surface area contributed by atoms with Crippen molar-refractivity contribution in [3.63, 3.8) is 0 Å². The number of rotatable bonds is 7. The van der Waals surface area contributed by atoms with Gasteiger partial charge in [-0.2, -0.15) is 0 Å². The first-order chi connectivity index (χ1) is 17.3. The van der Waals surface area contributed by atoms with E-state index in [1.54, 1.807) is 0 Å². The van der Waals surface area contributed by atoms with E-state index in [4.69, 9.17) is 0 Å². The molecule has 2 aliphatic rings. The molecule has 1 N–H and O–H groups in total. The van der Waals surface area contributed by atoms with Crippen molar-refractivity contribution in [1.82, 2.24) is 4.90 Å². The minimum absolute atomic E-state index is 0.00150. The average molecular weight is 479 g/mol. The highest BCUT2D eigenvalue weighted by Gasteiger charge is 2.37. The van der Waals surface area contributed by atoms with E-state index in [9.17, 15) is 14.4 Å². The van der Waals surface area contributed by atoms with E-state index >= 15 is 0 Å². The van der Waals surface area contributed by atoms with Gasteiger partial charge in [-0.15, -0.1) is 0 Å². The molecule has 0 aromatic heterocycles. The molecule has 0 spiro atoms. The lowest BCUT2D eigenvalue weighted by atomic mass is 9.79. The van der Waals surface area contributed by atoms with Crippen LogP contribution in [-0.4, -0.2) is 35.6 Å². The predicted octanol–water partition coefficient (Wildman–Crippen LogP) is 5.91. The zero-order chi connectivity index (χ0) is 25.4. The molecular weight excluding hydrogens is 448 g/mol. The molecule has 3 aromatic carbocycles. The van der Waals surface area contributed by atoms with Crippen molar-refractivity contribution in [1.29, 1.82) is 0 Å². The Kier molecular flexibility index (Phi) is 6.31. The normalized spacial score (nSPS) is 16.5. The number of ketones is 1. The van der Waals surface area contributed by atoms with Crippen LogP contribution in [0.1, 0.15) is 74.2 Å². The molecule has 1 aliphatic carbocycles. The summed E-state index contributed by atoms with van der Waals surface area (Å²) in [6, 6.07) is 18.9. The number of aryl methyl sites for hydroxylation is 2. The van der Waals surface area contributed by atoms with Gasteiger partial charge in [-0.25, -0.2) is 0 Å². The van der Waals surface area contributed by atoms with Crippen LogP contribution in [0.25, 0.3) is 5.57 Å². The summed E-state index contributed by atoms with van der Waals surface area (Å²) in [5.74, 6) is -0.0947. The zero-order valence-corrected chi connectivity index (χ0v) is 20.9. The Balaban J connectivity index is 1.19. The highest BCUT2D eigenvalue weighted by atomic mass is 16.2. The Morgan fingerprint density at radius 3 is 2.44 bits per heavy atom. The number of nitrogens with one attached hydrogen (secondary N) is 1. The van der Waals surface area contributed by atoms with Gasteiger partial charge in [0.15, 0.2) is 5.78 Å². The molecule has 0 bridgehead atoms. The number of hydrogen-bond donors (Lipinski definition) is 1. The Bertz CT molecular complexity index is 1400. The van der Waals surface area contributed by atoms with E-state index in [-0.39, 0.29) is 17.6 Å². The number of nitrogens with zero attached hydrogens (tertiary/aromatic N) is 1. The first-order valence-electron chi connectivity index (χ1n) is 12.5. The van der Waals surface area contributed by atoms with Gasteiger partial charge in [0.1, 0.15) is 0 Å². The SMILES string of the molecule is Cc1ccc(C(=O)c2ccc(NCCCN3C(=O)C4=CCC(C)c5cccc(c54)C3=O)cc2)cc1C. The average Bonchev–Trinajstić information content (AvgIpc) is 2.89. The Morgan fingerprint density at radius 2 is 1.69 bits per heavy atom. The Morgan fingerprint density at radius 1 is 0.944 bits per heavy atom. The zero-order valence-electron chi connectivity index (χ0n) is 20.9. The summed E-state index contributed by atoms with van der Waals surface area (Å²) in [6.45, 7) is 7.12. The first-order valence-corrected chi connectivity index (χ1v) is 12.5. The number of hydrogen-bond acceptors (Lipinski definition) is 4. The molecule has 182 valence electrons. The van der Waals surface area contributed by atoms with E-state index in [0.29, 0.717) is 47.7 Å². The number of carbonyl (C=O) groups is 3. The Hall–Kier alpha value is -3.99. The van der Waals surface area contributed by atoms with Crippen LogP contribution in [0.15, 0.2) is 66.7 Å². The van der Waals surface area contributed by atoms with Crippen LogP contribution in [-0.2, 0) is 4.79 Å². The molecule has 5 nitrogen and oxygen atoms in total. The van der Waals surface area contributed by atoms with Crippen LogP contribution in [0.3, 0.4) is 0 Å². The molecule has 0 fully saturated rings. The van der Waals surface area contributed by atoms with Gasteiger partial charge in [-0.05, 0) is 85.7 Å². The largest absolute Gasteiger partial charge is 0.385 e. The van der Waals surface area contributed by atoms with Gasteiger partial charge in [-0.1, -0.05) is 37.3 Å². The number of amides is 2. The van der Waals surface area contributed by atoms with Crippen molar-refractivity contribution < 1.29 is 14.4 Å². The van der Waals surface area contributed by atoms with Crippen molar-refractivity contribution in [3.05, 3.63) is 106 Å². The molecule has 1 unspecified atom stereocenters. The number of allylic oxidation sites excluding steroid dienone is 1. The van der Waals surface area contributed by atoms with Crippen LogP contribution < -0.4 is 5.32 Å². The van der Waals surface area contributed by atoms with Crippen LogP contribution in [0, 0.1) is 13.8 Å². The highest BCUT2D eigenvalue weighted by Crippen LogP contribution is 2.40. The second-order valence-electron chi connectivity index (χ2n) is 9.77. The maximum atomic E-state index is 13.1. The quantitative estimate of drug-likeness (QED) is 0.260. The van der Waals surface area contributed by atoms with Crippen LogP contribution in [0.4, 0.5) is 5.69 Å². The number of benzene rings is 3. The summed E-state index contributed by atoms with van der Waals surface area (Å²) in [4.78, 5) is 40.4. The molecule has 5 heteroatoms. The fraction of sp³-hybridized carbons (Fsp3) is 0.258. The smallest absolute Gasteiger partial charge is 0.261 e. The van der Waals surface area contributed by atoms with Crippen molar-refractivity contribution >= 4 is 28.9 Å². The Labute approximate surface area is 211 Å². The van der Waals surface area contributed by atoms with Gasteiger partial charge in [0.2, 0.25) is 0 Å². The van der Waals surface area contributed by atoms with Crippen molar-refractivity contribution in [3.8, 4) is 0 Å². The van der Waals surface area contributed by atoms with Gasteiger partial charge in [0, 0.05) is 46.6 Å². The predicted molar refractivity (Wildman–Crippen MR) is 142 cm³/mol. The standard InChI is InChI=1S/C31H30N2O3/c1-19-8-10-23(18-21(19)3)29(34)22-11-13-24(14-12-22)32-16-5-17-33-30(35)26-7-4-6-25-20(2)9-15-27(28(25)26)31(33)36/h4,6-8,10-15,18,20,32H,5,9,16-17H2,1-3H3. The van der Waals surface area contributed by atoms with Gasteiger partial charge < -0.3 is 5.32 Å². The van der Waals surface area contributed by atoms with Crippen molar-refractivity contribution in [2.45, 2.75) is 39.5 Å². The summed E-state index contributed by atoms with van der Waals surface area (Å²) in [7, 11) is 0. The van der Waals surface area contributed by atoms with E-state index in [2.05, 4.69) is 12.2 Å². The third kappa shape index (κ3) is 4.26. The van der Waals surface area contributed by atoms with Crippen molar-refractivity contribution in [2.75, 3.05) is 18.4 Å². The molecule has 2 amide bonds. The molecule has 1 heterocycles. The second-order valence-corrected chi connectivity index (χ2v) is 9.77. The molecule has 0 saturated carbocycles. The van der Waals surface area contributed by atoms with Crippen LogP contribution in [0.5, 0.6) is 0 Å². The lowest BCUT2D eigenvalue weighted by Crippen LogP contribution is -2.43. The summed E-state index contributed by atoms with van der Waals surface area (Å²) in [6.07, 6.45) is 3.42. The van der Waals surface area contributed by atoms with E-state index < -0.39 is 0 Å². The maximum Gasteiger partial charge on any atom is 0.261 e. The van der Waals surface area contributed by atoms with E-state index in [1.807, 2.05) is 80.6 Å². The monoisotopic (exact) mass is 478 g/mol. The molecular formula is C31H30N2O3. The summed E-state index contributed by atoms with van der Waals surface area (Å²) < 4.78 is 0. The minimum atomic E-state index is -0.211. The molecule has 1 atom stereocenters. The molecule has 36 heavy (non-hydrogen) atoms.